The first kappa shape index (κ1) is 17.0. The fraction of sp³-hybridized carbons (Fsp3) is 0.250. The maximum atomic E-state index is 5.48. The zero-order valence-electron chi connectivity index (χ0n) is 15.4. The Balaban J connectivity index is 1.49. The molecule has 1 aliphatic heterocycles. The van der Waals surface area contributed by atoms with Crippen LogP contribution >= 0.6 is 11.3 Å². The van der Waals surface area contributed by atoms with Gasteiger partial charge in [-0.15, -0.1) is 11.3 Å². The molecule has 5 rings (SSSR count). The van der Waals surface area contributed by atoms with Crippen LogP contribution in [0.15, 0.2) is 43.0 Å². The van der Waals surface area contributed by atoms with E-state index in [0.717, 1.165) is 45.9 Å². The second-order valence-corrected chi connectivity index (χ2v) is 7.68. The van der Waals surface area contributed by atoms with Crippen molar-refractivity contribution < 1.29 is 9.47 Å². The first-order valence-corrected chi connectivity index (χ1v) is 10.0. The van der Waals surface area contributed by atoms with E-state index in [0.29, 0.717) is 12.5 Å². The number of hydrogen-bond acceptors (Lipinski definition) is 7. The SMILES string of the molecule is CCCc1cc2c(NCc3ccc4c(c3)OCO4)nc(-n3ccnc3)nc2s1. The summed E-state index contributed by atoms with van der Waals surface area (Å²) in [4.78, 5) is 15.9. The van der Waals surface area contributed by atoms with E-state index in [-0.39, 0.29) is 6.79 Å². The molecule has 8 heteroatoms. The van der Waals surface area contributed by atoms with Crippen molar-refractivity contribution in [1.82, 2.24) is 19.5 Å². The van der Waals surface area contributed by atoms with Crippen LogP contribution in [0.1, 0.15) is 23.8 Å². The largest absolute Gasteiger partial charge is 0.454 e. The highest BCUT2D eigenvalue weighted by Crippen LogP contribution is 2.34. The second kappa shape index (κ2) is 7.12. The molecule has 1 N–H and O–H groups in total. The minimum atomic E-state index is 0.280. The van der Waals surface area contributed by atoms with Gasteiger partial charge in [0.1, 0.15) is 17.0 Å². The molecule has 0 amide bonds. The summed E-state index contributed by atoms with van der Waals surface area (Å²) in [5, 5.41) is 4.53. The summed E-state index contributed by atoms with van der Waals surface area (Å²) in [6.07, 6.45) is 7.44. The van der Waals surface area contributed by atoms with Crippen molar-refractivity contribution >= 4 is 27.4 Å². The number of benzene rings is 1. The molecule has 0 radical (unpaired) electrons. The minimum Gasteiger partial charge on any atom is -0.454 e. The Morgan fingerprint density at radius 1 is 1.18 bits per heavy atom. The molecule has 1 aromatic carbocycles. The van der Waals surface area contributed by atoms with Gasteiger partial charge in [0, 0.05) is 23.8 Å². The quantitative estimate of drug-likeness (QED) is 0.530. The molecule has 7 nitrogen and oxygen atoms in total. The topological polar surface area (TPSA) is 74.1 Å². The molecule has 0 spiro atoms. The van der Waals surface area contributed by atoms with Crippen LogP contribution in [-0.4, -0.2) is 26.3 Å². The van der Waals surface area contributed by atoms with Crippen molar-refractivity contribution in [1.29, 1.82) is 0 Å². The van der Waals surface area contributed by atoms with Gasteiger partial charge in [0.25, 0.3) is 0 Å². The predicted octanol–water partition coefficient (Wildman–Crippen LogP) is 4.17. The molecule has 0 bridgehead atoms. The summed E-state index contributed by atoms with van der Waals surface area (Å²) >= 11 is 1.72. The van der Waals surface area contributed by atoms with Crippen LogP contribution in [-0.2, 0) is 13.0 Å². The van der Waals surface area contributed by atoms with Gasteiger partial charge < -0.3 is 14.8 Å². The van der Waals surface area contributed by atoms with E-state index in [2.05, 4.69) is 23.3 Å². The maximum absolute atomic E-state index is 5.48. The summed E-state index contributed by atoms with van der Waals surface area (Å²) in [5.74, 6) is 3.01. The molecule has 0 saturated heterocycles. The molecule has 0 atom stereocenters. The highest BCUT2D eigenvalue weighted by atomic mass is 32.1. The number of aromatic nitrogens is 4. The highest BCUT2D eigenvalue weighted by molar-refractivity contribution is 7.18. The number of anilines is 1. The molecule has 142 valence electrons. The van der Waals surface area contributed by atoms with Crippen molar-refractivity contribution in [3.8, 4) is 17.4 Å². The summed E-state index contributed by atoms with van der Waals surface area (Å²) in [6.45, 7) is 3.10. The van der Waals surface area contributed by atoms with Gasteiger partial charge in [-0.1, -0.05) is 19.4 Å². The molecule has 0 unspecified atom stereocenters. The number of thiophene rings is 1. The lowest BCUT2D eigenvalue weighted by Crippen LogP contribution is -2.06. The van der Waals surface area contributed by atoms with Crippen LogP contribution in [0.2, 0.25) is 0 Å². The van der Waals surface area contributed by atoms with E-state index in [1.807, 2.05) is 29.0 Å². The van der Waals surface area contributed by atoms with Gasteiger partial charge in [-0.3, -0.25) is 4.57 Å². The van der Waals surface area contributed by atoms with Crippen LogP contribution < -0.4 is 14.8 Å². The van der Waals surface area contributed by atoms with Crippen molar-refractivity contribution in [3.05, 3.63) is 53.4 Å². The van der Waals surface area contributed by atoms with Crippen LogP contribution in [0.5, 0.6) is 11.5 Å². The standard InChI is InChI=1S/C20H19N5O2S/c1-2-3-14-9-15-18(22-10-13-4-5-16-17(8-13)27-12-26-16)23-20(24-19(15)28-14)25-7-6-21-11-25/h4-9,11H,2-3,10,12H2,1H3,(H,22,23,24). The highest BCUT2D eigenvalue weighted by Gasteiger charge is 2.15. The van der Waals surface area contributed by atoms with E-state index >= 15 is 0 Å². The van der Waals surface area contributed by atoms with Crippen LogP contribution in [0, 0.1) is 0 Å². The molecule has 1 aliphatic rings. The number of hydrogen-bond donors (Lipinski definition) is 1. The molecule has 4 aromatic rings. The second-order valence-electron chi connectivity index (χ2n) is 6.56. The number of rotatable bonds is 6. The fourth-order valence-corrected chi connectivity index (χ4v) is 4.32. The molecule has 0 fully saturated rings. The average Bonchev–Trinajstić information content (AvgIpc) is 3.45. The van der Waals surface area contributed by atoms with Crippen LogP contribution in [0.25, 0.3) is 16.2 Å². The lowest BCUT2D eigenvalue weighted by Gasteiger charge is -2.09. The number of ether oxygens (including phenoxy) is 2. The molecule has 0 aliphatic carbocycles. The Morgan fingerprint density at radius 3 is 2.96 bits per heavy atom. The van der Waals surface area contributed by atoms with Gasteiger partial charge in [-0.25, -0.2) is 9.97 Å². The van der Waals surface area contributed by atoms with Gasteiger partial charge >= 0.3 is 0 Å². The summed E-state index contributed by atoms with van der Waals surface area (Å²) in [6, 6.07) is 8.17. The number of nitrogens with one attached hydrogen (secondary N) is 1. The zero-order chi connectivity index (χ0) is 18.9. The Hall–Kier alpha value is -3.13. The molecular weight excluding hydrogens is 374 g/mol. The van der Waals surface area contributed by atoms with Gasteiger partial charge in [0.2, 0.25) is 12.7 Å². The molecule has 4 heterocycles. The maximum Gasteiger partial charge on any atom is 0.238 e. The Kier molecular flexibility index (Phi) is 4.32. The zero-order valence-corrected chi connectivity index (χ0v) is 16.2. The third-order valence-electron chi connectivity index (χ3n) is 4.56. The van der Waals surface area contributed by atoms with E-state index in [1.165, 1.54) is 4.88 Å². The molecular formula is C20H19N5O2S. The van der Waals surface area contributed by atoms with Crippen molar-refractivity contribution in [2.75, 3.05) is 12.1 Å². The lowest BCUT2D eigenvalue weighted by molar-refractivity contribution is 0.174. The van der Waals surface area contributed by atoms with E-state index in [4.69, 9.17) is 19.4 Å². The number of fused-ring (bicyclic) bond motifs is 2. The van der Waals surface area contributed by atoms with Crippen molar-refractivity contribution in [3.63, 3.8) is 0 Å². The number of imidazole rings is 1. The average molecular weight is 393 g/mol. The van der Waals surface area contributed by atoms with Gasteiger partial charge in [-0.2, -0.15) is 4.98 Å². The number of nitrogens with zero attached hydrogens (tertiary/aromatic N) is 4. The fourth-order valence-electron chi connectivity index (χ4n) is 3.19. The Labute approximate surface area is 166 Å². The smallest absolute Gasteiger partial charge is 0.238 e. The summed E-state index contributed by atoms with van der Waals surface area (Å²) in [5.41, 5.74) is 1.10. The lowest BCUT2D eigenvalue weighted by atomic mass is 10.2. The molecule has 0 saturated carbocycles. The van der Waals surface area contributed by atoms with E-state index in [9.17, 15) is 0 Å². The first-order chi connectivity index (χ1) is 13.8. The summed E-state index contributed by atoms with van der Waals surface area (Å²) < 4.78 is 12.7. The number of aryl methyl sites for hydroxylation is 1. The normalized spacial score (nSPS) is 12.6. The monoisotopic (exact) mass is 393 g/mol. The Morgan fingerprint density at radius 2 is 2.11 bits per heavy atom. The van der Waals surface area contributed by atoms with Gasteiger partial charge in [0.15, 0.2) is 11.5 Å². The van der Waals surface area contributed by atoms with Crippen LogP contribution in [0.3, 0.4) is 0 Å². The first-order valence-electron chi connectivity index (χ1n) is 9.21. The summed E-state index contributed by atoms with van der Waals surface area (Å²) in [7, 11) is 0. The van der Waals surface area contributed by atoms with Crippen molar-refractivity contribution in [2.24, 2.45) is 0 Å². The minimum absolute atomic E-state index is 0.280. The third kappa shape index (κ3) is 3.16. The van der Waals surface area contributed by atoms with E-state index < -0.39 is 0 Å². The Bertz CT molecular complexity index is 1120. The predicted molar refractivity (Wildman–Crippen MR) is 108 cm³/mol. The van der Waals surface area contributed by atoms with Crippen LogP contribution in [0.4, 0.5) is 5.82 Å². The van der Waals surface area contributed by atoms with Gasteiger partial charge in [-0.05, 0) is 30.2 Å². The molecule has 3 aromatic heterocycles. The third-order valence-corrected chi connectivity index (χ3v) is 5.65. The van der Waals surface area contributed by atoms with E-state index in [1.54, 1.807) is 23.9 Å². The molecule has 28 heavy (non-hydrogen) atoms. The van der Waals surface area contributed by atoms with Crippen molar-refractivity contribution in [2.45, 2.75) is 26.3 Å². The van der Waals surface area contributed by atoms with Gasteiger partial charge in [0.05, 0.1) is 5.39 Å².